The molecule has 0 saturated heterocycles. The van der Waals surface area contributed by atoms with Gasteiger partial charge in [0, 0.05) is 6.04 Å². The zero-order valence-electron chi connectivity index (χ0n) is 9.69. The van der Waals surface area contributed by atoms with Crippen molar-refractivity contribution in [1.82, 2.24) is 5.32 Å². The first-order chi connectivity index (χ1) is 7.77. The van der Waals surface area contributed by atoms with Crippen LogP contribution < -0.4 is 5.32 Å². The second-order valence-electron chi connectivity index (χ2n) is 5.01. The first-order valence-corrected chi connectivity index (χ1v) is 6.41. The number of carboxylic acid groups (broad SMARTS) is 1. The molecule has 0 bridgehead atoms. The molecule has 2 unspecified atom stereocenters. The van der Waals surface area contributed by atoms with Crippen LogP contribution in [0.15, 0.2) is 12.2 Å². The topological polar surface area (TPSA) is 49.3 Å². The fourth-order valence-corrected chi connectivity index (χ4v) is 2.88. The Kier molecular flexibility index (Phi) is 3.99. The number of rotatable bonds is 4. The van der Waals surface area contributed by atoms with Gasteiger partial charge in [0.25, 0.3) is 0 Å². The lowest BCUT2D eigenvalue weighted by atomic mass is 9.87. The lowest BCUT2D eigenvalue weighted by Crippen LogP contribution is -2.47. The second-order valence-corrected chi connectivity index (χ2v) is 5.01. The van der Waals surface area contributed by atoms with Crippen LogP contribution in [0.3, 0.4) is 0 Å². The van der Waals surface area contributed by atoms with Gasteiger partial charge in [-0.1, -0.05) is 25.0 Å². The maximum atomic E-state index is 11.3. The van der Waals surface area contributed by atoms with Crippen molar-refractivity contribution in [3.8, 4) is 0 Å². The maximum absolute atomic E-state index is 11.3. The summed E-state index contributed by atoms with van der Waals surface area (Å²) in [5.74, 6) is -0.393. The van der Waals surface area contributed by atoms with Crippen LogP contribution in [0.4, 0.5) is 0 Å². The maximum Gasteiger partial charge on any atom is 0.321 e. The van der Waals surface area contributed by atoms with Crippen LogP contribution in [0, 0.1) is 5.92 Å². The molecule has 0 aliphatic heterocycles. The van der Waals surface area contributed by atoms with Crippen molar-refractivity contribution >= 4 is 5.97 Å². The molecule has 90 valence electrons. The van der Waals surface area contributed by atoms with Gasteiger partial charge in [-0.05, 0) is 38.0 Å². The van der Waals surface area contributed by atoms with E-state index in [0.29, 0.717) is 6.04 Å². The molecule has 3 nitrogen and oxygen atoms in total. The molecule has 16 heavy (non-hydrogen) atoms. The van der Waals surface area contributed by atoms with Gasteiger partial charge in [-0.15, -0.1) is 0 Å². The summed E-state index contributed by atoms with van der Waals surface area (Å²) >= 11 is 0. The Morgan fingerprint density at radius 2 is 2.00 bits per heavy atom. The van der Waals surface area contributed by atoms with E-state index in [1.807, 2.05) is 0 Å². The summed E-state index contributed by atoms with van der Waals surface area (Å²) in [6, 6.07) is 0.0973. The molecular formula is C13H21NO2. The van der Waals surface area contributed by atoms with E-state index in [9.17, 15) is 9.90 Å². The molecule has 0 aromatic heterocycles. The minimum Gasteiger partial charge on any atom is -0.480 e. The van der Waals surface area contributed by atoms with Crippen molar-refractivity contribution in [2.45, 2.75) is 57.0 Å². The van der Waals surface area contributed by atoms with Gasteiger partial charge in [0.2, 0.25) is 0 Å². The highest BCUT2D eigenvalue weighted by Crippen LogP contribution is 2.25. The van der Waals surface area contributed by atoms with Gasteiger partial charge in [-0.25, -0.2) is 0 Å². The highest BCUT2D eigenvalue weighted by Gasteiger charge is 2.30. The number of carbonyl (C=O) groups is 1. The number of nitrogens with one attached hydrogen (secondary N) is 1. The molecule has 2 aliphatic rings. The first-order valence-electron chi connectivity index (χ1n) is 6.41. The number of carboxylic acids is 1. The zero-order chi connectivity index (χ0) is 11.4. The predicted octanol–water partition coefficient (Wildman–Crippen LogP) is 2.33. The van der Waals surface area contributed by atoms with Gasteiger partial charge in [-0.2, -0.15) is 0 Å². The average Bonchev–Trinajstić information content (AvgIpc) is 2.79. The zero-order valence-corrected chi connectivity index (χ0v) is 9.69. The molecule has 3 heteroatoms. The van der Waals surface area contributed by atoms with Crippen LogP contribution in [0.25, 0.3) is 0 Å². The van der Waals surface area contributed by atoms with E-state index in [1.54, 1.807) is 0 Å². The number of allylic oxidation sites excluding steroid dienone is 2. The Morgan fingerprint density at radius 1 is 1.25 bits per heavy atom. The number of hydrogen-bond acceptors (Lipinski definition) is 2. The van der Waals surface area contributed by atoms with E-state index in [0.717, 1.165) is 32.1 Å². The van der Waals surface area contributed by atoms with E-state index in [2.05, 4.69) is 17.5 Å². The predicted molar refractivity (Wildman–Crippen MR) is 63.3 cm³/mol. The molecule has 0 aromatic carbocycles. The van der Waals surface area contributed by atoms with Gasteiger partial charge in [0.05, 0.1) is 0 Å². The first kappa shape index (κ1) is 11.6. The molecule has 0 radical (unpaired) electrons. The molecule has 2 aliphatic carbocycles. The highest BCUT2D eigenvalue weighted by atomic mass is 16.4. The fraction of sp³-hybridized carbons (Fsp3) is 0.769. The van der Waals surface area contributed by atoms with Crippen LogP contribution in [0.5, 0.6) is 0 Å². The largest absolute Gasteiger partial charge is 0.480 e. The summed E-state index contributed by atoms with van der Waals surface area (Å²) in [5, 5.41) is 12.7. The minimum atomic E-state index is -0.674. The van der Waals surface area contributed by atoms with Crippen LogP contribution in [0.1, 0.15) is 44.9 Å². The molecule has 1 fully saturated rings. The van der Waals surface area contributed by atoms with Gasteiger partial charge in [0.1, 0.15) is 6.04 Å². The highest BCUT2D eigenvalue weighted by molar-refractivity contribution is 5.74. The standard InChI is InChI=1S/C13H21NO2/c15-13(16)12(10-6-2-1-3-7-10)14-11-8-4-5-9-11/h1-2,10-12,14H,3-9H2,(H,15,16). The average molecular weight is 223 g/mol. The van der Waals surface area contributed by atoms with Crippen molar-refractivity contribution in [2.24, 2.45) is 5.92 Å². The Bertz CT molecular complexity index is 269. The van der Waals surface area contributed by atoms with Crippen molar-refractivity contribution in [3.63, 3.8) is 0 Å². The summed E-state index contributed by atoms with van der Waals surface area (Å²) in [6.45, 7) is 0. The van der Waals surface area contributed by atoms with Crippen molar-refractivity contribution in [1.29, 1.82) is 0 Å². The lowest BCUT2D eigenvalue weighted by Gasteiger charge is -2.28. The molecule has 2 N–H and O–H groups in total. The van der Waals surface area contributed by atoms with Crippen LogP contribution in [-0.4, -0.2) is 23.2 Å². The lowest BCUT2D eigenvalue weighted by molar-refractivity contribution is -0.141. The third kappa shape index (κ3) is 2.85. The fourth-order valence-electron chi connectivity index (χ4n) is 2.88. The van der Waals surface area contributed by atoms with E-state index < -0.39 is 5.97 Å². The normalized spacial score (nSPS) is 28.1. The monoisotopic (exact) mass is 223 g/mol. The van der Waals surface area contributed by atoms with E-state index >= 15 is 0 Å². The van der Waals surface area contributed by atoms with E-state index in [1.165, 1.54) is 12.8 Å². The molecule has 0 aromatic rings. The van der Waals surface area contributed by atoms with Crippen LogP contribution >= 0.6 is 0 Å². The van der Waals surface area contributed by atoms with Gasteiger partial charge in [-0.3, -0.25) is 4.79 Å². The molecule has 0 heterocycles. The van der Waals surface area contributed by atoms with Crippen molar-refractivity contribution < 1.29 is 9.90 Å². The quantitative estimate of drug-likeness (QED) is 0.719. The van der Waals surface area contributed by atoms with E-state index in [4.69, 9.17) is 0 Å². The molecule has 2 atom stereocenters. The number of hydrogen-bond donors (Lipinski definition) is 2. The Balaban J connectivity index is 1.93. The SMILES string of the molecule is O=C(O)C(NC1CCCC1)C1CC=CCC1. The van der Waals surface area contributed by atoms with Gasteiger partial charge in [0.15, 0.2) is 0 Å². The van der Waals surface area contributed by atoms with Gasteiger partial charge >= 0.3 is 5.97 Å². The molecular weight excluding hydrogens is 202 g/mol. The summed E-state index contributed by atoms with van der Waals surface area (Å²) in [5.41, 5.74) is 0. The van der Waals surface area contributed by atoms with E-state index in [-0.39, 0.29) is 12.0 Å². The molecule has 0 spiro atoms. The van der Waals surface area contributed by atoms with Crippen molar-refractivity contribution in [3.05, 3.63) is 12.2 Å². The summed E-state index contributed by atoms with van der Waals surface area (Å²) < 4.78 is 0. The summed E-state index contributed by atoms with van der Waals surface area (Å²) in [4.78, 5) is 11.3. The Hall–Kier alpha value is -0.830. The third-order valence-corrected chi connectivity index (χ3v) is 3.82. The minimum absolute atomic E-state index is 0.281. The molecule has 1 saturated carbocycles. The second kappa shape index (κ2) is 5.48. The summed E-state index contributed by atoms with van der Waals surface area (Å²) in [7, 11) is 0. The third-order valence-electron chi connectivity index (χ3n) is 3.82. The van der Waals surface area contributed by atoms with Crippen LogP contribution in [-0.2, 0) is 4.79 Å². The Morgan fingerprint density at radius 3 is 2.56 bits per heavy atom. The smallest absolute Gasteiger partial charge is 0.321 e. The number of aliphatic carboxylic acids is 1. The molecule has 2 rings (SSSR count). The Labute approximate surface area is 96.9 Å². The molecule has 0 amide bonds. The van der Waals surface area contributed by atoms with Crippen LogP contribution in [0.2, 0.25) is 0 Å². The summed E-state index contributed by atoms with van der Waals surface area (Å²) in [6.07, 6.45) is 12.0. The van der Waals surface area contributed by atoms with Gasteiger partial charge < -0.3 is 10.4 Å². The van der Waals surface area contributed by atoms with Crippen molar-refractivity contribution in [2.75, 3.05) is 0 Å².